The van der Waals surface area contributed by atoms with Gasteiger partial charge in [-0.05, 0) is 24.1 Å². The highest BCUT2D eigenvalue weighted by Crippen LogP contribution is 2.33. The van der Waals surface area contributed by atoms with Crippen LogP contribution in [0.1, 0.15) is 24.3 Å². The van der Waals surface area contributed by atoms with Crippen molar-refractivity contribution in [3.8, 4) is 11.5 Å². The fraction of sp³-hybridized carbons (Fsp3) is 0.385. The van der Waals surface area contributed by atoms with Gasteiger partial charge in [0, 0.05) is 6.42 Å². The third-order valence-corrected chi connectivity index (χ3v) is 3.05. The number of imide groups is 1. The lowest BCUT2D eigenvalue weighted by atomic mass is 9.90. The van der Waals surface area contributed by atoms with Gasteiger partial charge in [-0.2, -0.15) is 0 Å². The number of nitrogens with one attached hydrogen (secondary N) is 1. The summed E-state index contributed by atoms with van der Waals surface area (Å²) < 4.78 is 10.3. The zero-order valence-electron chi connectivity index (χ0n) is 10.4. The highest BCUT2D eigenvalue weighted by molar-refractivity contribution is 6.00. The van der Waals surface area contributed by atoms with Gasteiger partial charge >= 0.3 is 0 Å². The van der Waals surface area contributed by atoms with E-state index in [4.69, 9.17) is 9.47 Å². The summed E-state index contributed by atoms with van der Waals surface area (Å²) in [5, 5.41) is 2.34. The van der Waals surface area contributed by atoms with Crippen LogP contribution >= 0.6 is 0 Å². The largest absolute Gasteiger partial charge is 0.493 e. The van der Waals surface area contributed by atoms with Crippen LogP contribution in [0.15, 0.2) is 18.2 Å². The van der Waals surface area contributed by atoms with Gasteiger partial charge in [0.15, 0.2) is 11.5 Å². The zero-order chi connectivity index (χ0) is 13.1. The average molecular weight is 249 g/mol. The van der Waals surface area contributed by atoms with Crippen molar-refractivity contribution >= 4 is 11.8 Å². The van der Waals surface area contributed by atoms with Crippen LogP contribution in [-0.2, 0) is 9.59 Å². The Balaban J connectivity index is 2.28. The van der Waals surface area contributed by atoms with Gasteiger partial charge in [0.1, 0.15) is 0 Å². The maximum Gasteiger partial charge on any atom is 0.234 e. The molecule has 1 saturated heterocycles. The fourth-order valence-corrected chi connectivity index (χ4v) is 2.08. The smallest absolute Gasteiger partial charge is 0.234 e. The maximum absolute atomic E-state index is 11.8. The Morgan fingerprint density at radius 2 is 1.89 bits per heavy atom. The lowest BCUT2D eigenvalue weighted by molar-refractivity contribution is -0.134. The summed E-state index contributed by atoms with van der Waals surface area (Å²) in [6.07, 6.45) is 0.894. The number of hydrogen-bond acceptors (Lipinski definition) is 4. The molecule has 1 aromatic rings. The fourth-order valence-electron chi connectivity index (χ4n) is 2.08. The predicted molar refractivity (Wildman–Crippen MR) is 64.7 cm³/mol. The number of rotatable bonds is 3. The van der Waals surface area contributed by atoms with Crippen molar-refractivity contribution in [2.45, 2.75) is 18.8 Å². The standard InChI is InChI=1S/C13H15NO4/c1-17-10-5-3-8(7-11(10)18-2)9-4-6-12(15)14-13(9)16/h3,5,7,9H,4,6H2,1-2H3,(H,14,15,16). The third-order valence-electron chi connectivity index (χ3n) is 3.05. The van der Waals surface area contributed by atoms with Crippen LogP contribution in [0.25, 0.3) is 0 Å². The lowest BCUT2D eigenvalue weighted by Gasteiger charge is -2.21. The van der Waals surface area contributed by atoms with Crippen molar-refractivity contribution in [1.82, 2.24) is 5.32 Å². The van der Waals surface area contributed by atoms with Crippen LogP contribution in [-0.4, -0.2) is 26.0 Å². The molecule has 1 fully saturated rings. The van der Waals surface area contributed by atoms with E-state index in [2.05, 4.69) is 5.32 Å². The van der Waals surface area contributed by atoms with Crippen LogP contribution < -0.4 is 14.8 Å². The van der Waals surface area contributed by atoms with Crippen molar-refractivity contribution in [2.24, 2.45) is 0 Å². The van der Waals surface area contributed by atoms with Gasteiger partial charge < -0.3 is 9.47 Å². The van der Waals surface area contributed by atoms with Gasteiger partial charge in [0.2, 0.25) is 11.8 Å². The first-order valence-electron chi connectivity index (χ1n) is 5.71. The Bertz CT molecular complexity index is 484. The molecule has 1 aliphatic rings. The third kappa shape index (κ3) is 2.30. The molecule has 1 unspecified atom stereocenters. The van der Waals surface area contributed by atoms with E-state index in [9.17, 15) is 9.59 Å². The first kappa shape index (κ1) is 12.4. The zero-order valence-corrected chi connectivity index (χ0v) is 10.4. The molecule has 1 heterocycles. The predicted octanol–water partition coefficient (Wildman–Crippen LogP) is 1.22. The molecule has 1 atom stereocenters. The van der Waals surface area contributed by atoms with E-state index in [1.807, 2.05) is 6.07 Å². The highest BCUT2D eigenvalue weighted by atomic mass is 16.5. The molecule has 1 aromatic carbocycles. The quantitative estimate of drug-likeness (QED) is 0.818. The number of amides is 2. The van der Waals surface area contributed by atoms with E-state index in [1.54, 1.807) is 26.4 Å². The second-order valence-electron chi connectivity index (χ2n) is 4.12. The summed E-state index contributed by atoms with van der Waals surface area (Å²) in [7, 11) is 3.11. The highest BCUT2D eigenvalue weighted by Gasteiger charge is 2.28. The molecular weight excluding hydrogens is 234 g/mol. The van der Waals surface area contributed by atoms with Gasteiger partial charge in [0.25, 0.3) is 0 Å². The minimum absolute atomic E-state index is 0.211. The van der Waals surface area contributed by atoms with Crippen LogP contribution in [0.5, 0.6) is 11.5 Å². The molecule has 2 amide bonds. The van der Waals surface area contributed by atoms with Gasteiger partial charge in [0.05, 0.1) is 20.1 Å². The number of piperidine rings is 1. The normalized spacial score (nSPS) is 19.3. The molecule has 0 radical (unpaired) electrons. The Morgan fingerprint density at radius 3 is 2.50 bits per heavy atom. The monoisotopic (exact) mass is 249 g/mol. The Morgan fingerprint density at radius 1 is 1.17 bits per heavy atom. The Labute approximate surface area is 105 Å². The minimum Gasteiger partial charge on any atom is -0.493 e. The van der Waals surface area contributed by atoms with E-state index >= 15 is 0 Å². The van der Waals surface area contributed by atoms with Gasteiger partial charge in [-0.1, -0.05) is 6.07 Å². The molecule has 5 nitrogen and oxygen atoms in total. The molecule has 0 bridgehead atoms. The van der Waals surface area contributed by atoms with Crippen LogP contribution in [0.2, 0.25) is 0 Å². The molecule has 1 aliphatic heterocycles. The summed E-state index contributed by atoms with van der Waals surface area (Å²) in [6.45, 7) is 0. The van der Waals surface area contributed by atoms with E-state index in [0.717, 1.165) is 5.56 Å². The Hall–Kier alpha value is -2.04. The summed E-state index contributed by atoms with van der Waals surface area (Å²) in [4.78, 5) is 22.9. The molecule has 2 rings (SSSR count). The maximum atomic E-state index is 11.8. The number of carbonyl (C=O) groups excluding carboxylic acids is 2. The molecule has 0 aliphatic carbocycles. The summed E-state index contributed by atoms with van der Waals surface area (Å²) >= 11 is 0. The first-order valence-corrected chi connectivity index (χ1v) is 5.71. The summed E-state index contributed by atoms with van der Waals surface area (Å²) in [5.41, 5.74) is 0.831. The van der Waals surface area contributed by atoms with Crippen LogP contribution in [0.4, 0.5) is 0 Å². The van der Waals surface area contributed by atoms with E-state index in [-0.39, 0.29) is 17.7 Å². The van der Waals surface area contributed by atoms with Gasteiger partial charge in [-0.3, -0.25) is 14.9 Å². The molecule has 1 N–H and O–H groups in total. The van der Waals surface area contributed by atoms with Crippen molar-refractivity contribution in [3.63, 3.8) is 0 Å². The average Bonchev–Trinajstić information content (AvgIpc) is 2.38. The lowest BCUT2D eigenvalue weighted by Crippen LogP contribution is -2.39. The topological polar surface area (TPSA) is 64.6 Å². The van der Waals surface area contributed by atoms with Crippen LogP contribution in [0.3, 0.4) is 0 Å². The number of methoxy groups -OCH3 is 2. The number of benzene rings is 1. The van der Waals surface area contributed by atoms with Crippen molar-refractivity contribution in [1.29, 1.82) is 0 Å². The molecule has 18 heavy (non-hydrogen) atoms. The van der Waals surface area contributed by atoms with E-state index in [1.165, 1.54) is 0 Å². The minimum atomic E-state index is -0.303. The molecule has 0 saturated carbocycles. The van der Waals surface area contributed by atoms with Crippen molar-refractivity contribution < 1.29 is 19.1 Å². The summed E-state index contributed by atoms with van der Waals surface area (Å²) in [5.74, 6) is 0.436. The molecule has 5 heteroatoms. The Kier molecular flexibility index (Phi) is 3.50. The van der Waals surface area contributed by atoms with Crippen molar-refractivity contribution in [2.75, 3.05) is 14.2 Å². The molecule has 96 valence electrons. The number of ether oxygens (including phenoxy) is 2. The van der Waals surface area contributed by atoms with Gasteiger partial charge in [-0.25, -0.2) is 0 Å². The number of hydrogen-bond donors (Lipinski definition) is 1. The SMILES string of the molecule is COc1ccc(C2CCC(=O)NC2=O)cc1OC. The molecule has 0 aromatic heterocycles. The van der Waals surface area contributed by atoms with Crippen molar-refractivity contribution in [3.05, 3.63) is 23.8 Å². The van der Waals surface area contributed by atoms with E-state index < -0.39 is 0 Å². The number of carbonyl (C=O) groups is 2. The molecule has 0 spiro atoms. The summed E-state index contributed by atoms with van der Waals surface area (Å²) in [6, 6.07) is 5.36. The first-order chi connectivity index (χ1) is 8.65. The van der Waals surface area contributed by atoms with Crippen LogP contribution in [0, 0.1) is 0 Å². The second kappa shape index (κ2) is 5.08. The van der Waals surface area contributed by atoms with E-state index in [0.29, 0.717) is 24.3 Å². The second-order valence-corrected chi connectivity index (χ2v) is 4.12. The van der Waals surface area contributed by atoms with Gasteiger partial charge in [-0.15, -0.1) is 0 Å². The molecular formula is C13H15NO4.